The zero-order chi connectivity index (χ0) is 27.1. The highest BCUT2D eigenvalue weighted by molar-refractivity contribution is 6.06. The Hall–Kier alpha value is -4.29. The van der Waals surface area contributed by atoms with Gasteiger partial charge in [-0.3, -0.25) is 9.80 Å². The van der Waals surface area contributed by atoms with Crippen LogP contribution in [0.25, 0.3) is 0 Å². The summed E-state index contributed by atoms with van der Waals surface area (Å²) >= 11 is 0. The maximum Gasteiger partial charge on any atom is 0.355 e. The Labute approximate surface area is 222 Å². The largest absolute Gasteiger partial charge is 0.490 e. The number of allylic oxidation sites excluding steroid dienone is 1. The number of carbonyl (C=O) groups excluding carboxylic acids is 2. The monoisotopic (exact) mass is 516 g/mol. The maximum atomic E-state index is 13.3. The van der Waals surface area contributed by atoms with Crippen LogP contribution in [0, 0.1) is 11.3 Å². The molecule has 198 valence electrons. The van der Waals surface area contributed by atoms with Gasteiger partial charge in [-0.05, 0) is 43.6 Å². The van der Waals surface area contributed by atoms with Crippen LogP contribution in [0.4, 0.5) is 5.69 Å². The lowest BCUT2D eigenvalue weighted by Gasteiger charge is -2.36. The lowest BCUT2D eigenvalue weighted by Crippen LogP contribution is -2.41. The van der Waals surface area contributed by atoms with E-state index in [4.69, 9.17) is 19.9 Å². The van der Waals surface area contributed by atoms with Gasteiger partial charge in [0.1, 0.15) is 23.9 Å². The highest BCUT2D eigenvalue weighted by Crippen LogP contribution is 2.45. The zero-order valence-corrected chi connectivity index (χ0v) is 21.7. The lowest BCUT2D eigenvalue weighted by atomic mass is 9.81. The Kier molecular flexibility index (Phi) is 8.66. The fourth-order valence-corrected chi connectivity index (χ4v) is 5.00. The van der Waals surface area contributed by atoms with Crippen LogP contribution in [0.2, 0.25) is 0 Å². The Balaban J connectivity index is 1.83. The van der Waals surface area contributed by atoms with Crippen LogP contribution in [-0.4, -0.2) is 57.3 Å². The summed E-state index contributed by atoms with van der Waals surface area (Å²) < 4.78 is 16.4. The van der Waals surface area contributed by atoms with E-state index in [0.717, 1.165) is 19.6 Å². The van der Waals surface area contributed by atoms with Crippen molar-refractivity contribution in [2.75, 3.05) is 45.4 Å². The summed E-state index contributed by atoms with van der Waals surface area (Å²) in [6.45, 7) is 3.26. The van der Waals surface area contributed by atoms with E-state index in [9.17, 15) is 14.9 Å². The normalized spacial score (nSPS) is 18.1. The molecule has 0 bridgehead atoms. The molecule has 2 aromatic rings. The van der Waals surface area contributed by atoms with Gasteiger partial charge in [0.2, 0.25) is 0 Å². The molecule has 1 fully saturated rings. The summed E-state index contributed by atoms with van der Waals surface area (Å²) in [4.78, 5) is 30.3. The molecule has 1 unspecified atom stereocenters. The number of anilines is 1. The van der Waals surface area contributed by atoms with Crippen molar-refractivity contribution in [2.24, 2.45) is 5.73 Å². The second-order valence-electron chi connectivity index (χ2n) is 9.05. The molecular weight excluding hydrogens is 484 g/mol. The summed E-state index contributed by atoms with van der Waals surface area (Å²) in [5.74, 6) is -2.04. The molecule has 2 aliphatic rings. The van der Waals surface area contributed by atoms with Gasteiger partial charge in [0, 0.05) is 6.54 Å². The van der Waals surface area contributed by atoms with Crippen LogP contribution in [0.1, 0.15) is 30.7 Å². The number of benzene rings is 2. The van der Waals surface area contributed by atoms with Crippen LogP contribution >= 0.6 is 0 Å². The van der Waals surface area contributed by atoms with E-state index in [1.807, 2.05) is 12.1 Å². The van der Waals surface area contributed by atoms with Gasteiger partial charge in [-0.25, -0.2) is 9.59 Å². The number of nitriles is 1. The molecule has 9 nitrogen and oxygen atoms in total. The summed E-state index contributed by atoms with van der Waals surface area (Å²) in [6.07, 6.45) is 3.60. The van der Waals surface area contributed by atoms with Crippen molar-refractivity contribution in [2.45, 2.75) is 25.2 Å². The lowest BCUT2D eigenvalue weighted by molar-refractivity contribution is -0.139. The predicted molar refractivity (Wildman–Crippen MR) is 142 cm³/mol. The molecule has 0 spiro atoms. The number of nitrogens with two attached hydrogens (primary N) is 1. The number of methoxy groups -OCH3 is 2. The maximum absolute atomic E-state index is 13.3. The highest BCUT2D eigenvalue weighted by atomic mass is 16.5. The fourth-order valence-electron chi connectivity index (χ4n) is 5.00. The smallest absolute Gasteiger partial charge is 0.355 e. The summed E-state index contributed by atoms with van der Waals surface area (Å²) in [6, 6.07) is 18.1. The van der Waals surface area contributed by atoms with E-state index in [1.54, 1.807) is 42.5 Å². The molecule has 0 radical (unpaired) electrons. The molecule has 1 atom stereocenters. The minimum Gasteiger partial charge on any atom is -0.490 e. The van der Waals surface area contributed by atoms with Crippen molar-refractivity contribution >= 4 is 17.6 Å². The second-order valence-corrected chi connectivity index (χ2v) is 9.05. The van der Waals surface area contributed by atoms with Gasteiger partial charge in [-0.2, -0.15) is 5.26 Å². The number of hydrogen-bond acceptors (Lipinski definition) is 9. The average molecular weight is 517 g/mol. The van der Waals surface area contributed by atoms with Gasteiger partial charge in [0.25, 0.3) is 0 Å². The molecule has 4 rings (SSSR count). The third kappa shape index (κ3) is 5.36. The number of esters is 2. The van der Waals surface area contributed by atoms with Crippen molar-refractivity contribution < 1.29 is 23.8 Å². The minimum atomic E-state index is -0.925. The van der Waals surface area contributed by atoms with Gasteiger partial charge >= 0.3 is 11.9 Å². The van der Waals surface area contributed by atoms with Gasteiger partial charge < -0.3 is 19.9 Å². The third-order valence-corrected chi connectivity index (χ3v) is 6.83. The first kappa shape index (κ1) is 26.8. The number of piperidine rings is 1. The van der Waals surface area contributed by atoms with Crippen molar-refractivity contribution in [3.8, 4) is 11.8 Å². The van der Waals surface area contributed by atoms with Crippen LogP contribution < -0.4 is 15.4 Å². The molecule has 2 aliphatic heterocycles. The number of likely N-dealkylation sites (tertiary alicyclic amines) is 1. The van der Waals surface area contributed by atoms with Gasteiger partial charge in [0.15, 0.2) is 0 Å². The number of nitrogens with zero attached hydrogens (tertiary/aromatic N) is 3. The molecule has 2 heterocycles. The van der Waals surface area contributed by atoms with Crippen molar-refractivity contribution in [1.29, 1.82) is 5.26 Å². The zero-order valence-electron chi connectivity index (χ0n) is 21.7. The first-order chi connectivity index (χ1) is 18.5. The predicted octanol–water partition coefficient (Wildman–Crippen LogP) is 3.45. The van der Waals surface area contributed by atoms with Crippen LogP contribution in [0.3, 0.4) is 0 Å². The van der Waals surface area contributed by atoms with Crippen molar-refractivity contribution in [3.05, 3.63) is 82.8 Å². The number of carbonyl (C=O) groups is 2. The third-order valence-electron chi connectivity index (χ3n) is 6.83. The van der Waals surface area contributed by atoms with Gasteiger partial charge in [0.05, 0.1) is 43.0 Å². The van der Waals surface area contributed by atoms with E-state index in [1.165, 1.54) is 38.4 Å². The number of rotatable bonds is 8. The van der Waals surface area contributed by atoms with E-state index in [0.29, 0.717) is 23.6 Å². The molecule has 2 aromatic carbocycles. The summed E-state index contributed by atoms with van der Waals surface area (Å²) in [5, 5.41) is 10.2. The molecule has 9 heteroatoms. The van der Waals surface area contributed by atoms with Crippen LogP contribution in [-0.2, 0) is 19.1 Å². The van der Waals surface area contributed by atoms with Crippen LogP contribution in [0.5, 0.6) is 5.75 Å². The fraction of sp³-hybridized carbons (Fsp3) is 0.345. The number of para-hydroxylation sites is 2. The molecule has 0 saturated carbocycles. The van der Waals surface area contributed by atoms with E-state index in [-0.39, 0.29) is 22.7 Å². The molecule has 0 amide bonds. The van der Waals surface area contributed by atoms with Crippen molar-refractivity contribution in [1.82, 2.24) is 4.90 Å². The van der Waals surface area contributed by atoms with Gasteiger partial charge in [-0.15, -0.1) is 0 Å². The Morgan fingerprint density at radius 1 is 0.974 bits per heavy atom. The summed E-state index contributed by atoms with van der Waals surface area (Å²) in [5.41, 5.74) is 7.57. The average Bonchev–Trinajstić information content (AvgIpc) is 2.97. The Morgan fingerprint density at radius 3 is 2.29 bits per heavy atom. The van der Waals surface area contributed by atoms with Crippen molar-refractivity contribution in [3.63, 3.8) is 0 Å². The molecular formula is C29H32N4O5. The molecule has 38 heavy (non-hydrogen) atoms. The summed E-state index contributed by atoms with van der Waals surface area (Å²) in [7, 11) is 2.45. The minimum absolute atomic E-state index is 0.00138. The van der Waals surface area contributed by atoms with Crippen LogP contribution in [0.15, 0.2) is 77.3 Å². The SMILES string of the molecule is COC(=O)C1=C(C(=O)OC)N(c2ccccc2OCCN2CCCCC2)C(N)=C(C#N)C1c1ccccc1. The van der Waals surface area contributed by atoms with E-state index >= 15 is 0 Å². The quantitative estimate of drug-likeness (QED) is 0.526. The second kappa shape index (κ2) is 12.3. The number of ether oxygens (including phenoxy) is 3. The highest BCUT2D eigenvalue weighted by Gasteiger charge is 2.43. The Morgan fingerprint density at radius 2 is 1.63 bits per heavy atom. The topological polar surface area (TPSA) is 118 Å². The molecule has 2 N–H and O–H groups in total. The molecule has 0 aromatic heterocycles. The number of hydrogen-bond donors (Lipinski definition) is 1. The standard InChI is InChI=1S/C29H32N4O5/c1-36-28(34)25-24(20-11-5-3-6-12-20)21(19-30)27(31)33(26(25)29(35)37-2)22-13-7-8-14-23(22)38-18-17-32-15-9-4-10-16-32/h3,5-8,11-14,24H,4,9-10,15-18,31H2,1-2H3. The van der Waals surface area contributed by atoms with E-state index < -0.39 is 17.9 Å². The Bertz CT molecular complexity index is 1280. The van der Waals surface area contributed by atoms with E-state index in [2.05, 4.69) is 11.0 Å². The molecule has 1 saturated heterocycles. The first-order valence-electron chi connectivity index (χ1n) is 12.6. The molecule has 0 aliphatic carbocycles. The first-order valence-corrected chi connectivity index (χ1v) is 12.6. The van der Waals surface area contributed by atoms with Gasteiger partial charge in [-0.1, -0.05) is 48.9 Å².